The first-order valence-corrected chi connectivity index (χ1v) is 7.16. The Morgan fingerprint density at radius 2 is 1.85 bits per heavy atom. The highest BCUT2D eigenvalue weighted by Gasteiger charge is 2.16. The summed E-state index contributed by atoms with van der Waals surface area (Å²) in [5.41, 5.74) is 4.23. The van der Waals surface area contributed by atoms with Gasteiger partial charge in [-0.2, -0.15) is 0 Å². The Labute approximate surface area is 124 Å². The van der Waals surface area contributed by atoms with Crippen molar-refractivity contribution in [2.45, 2.75) is 26.8 Å². The van der Waals surface area contributed by atoms with Crippen LogP contribution in [-0.4, -0.2) is 6.54 Å². The maximum atomic E-state index is 13.3. The molecule has 2 aromatic carbocycles. The maximum Gasteiger partial charge on any atom is 0.123 e. The van der Waals surface area contributed by atoms with Gasteiger partial charge in [-0.1, -0.05) is 36.7 Å². The third-order valence-electron chi connectivity index (χ3n) is 3.47. The Bertz CT molecular complexity index is 610. The summed E-state index contributed by atoms with van der Waals surface area (Å²) in [6.45, 7) is 6.83. The van der Waals surface area contributed by atoms with Crippen molar-refractivity contribution >= 4 is 11.6 Å². The van der Waals surface area contributed by atoms with Crippen molar-refractivity contribution in [3.8, 4) is 0 Å². The average Bonchev–Trinajstić information content (AvgIpc) is 2.40. The molecule has 0 saturated heterocycles. The summed E-state index contributed by atoms with van der Waals surface area (Å²) >= 11 is 6.09. The Kier molecular flexibility index (Phi) is 4.79. The smallest absolute Gasteiger partial charge is 0.123 e. The predicted molar refractivity (Wildman–Crippen MR) is 82.8 cm³/mol. The average molecular weight is 292 g/mol. The number of rotatable bonds is 4. The topological polar surface area (TPSA) is 12.0 Å². The molecule has 2 aromatic rings. The zero-order chi connectivity index (χ0) is 14.7. The van der Waals surface area contributed by atoms with Gasteiger partial charge >= 0.3 is 0 Å². The number of halogens is 2. The summed E-state index contributed by atoms with van der Waals surface area (Å²) in [6, 6.07) is 11.0. The monoisotopic (exact) mass is 291 g/mol. The van der Waals surface area contributed by atoms with E-state index in [1.165, 1.54) is 6.07 Å². The minimum Gasteiger partial charge on any atom is -0.307 e. The summed E-state index contributed by atoms with van der Waals surface area (Å²) < 4.78 is 13.3. The van der Waals surface area contributed by atoms with Crippen molar-refractivity contribution < 1.29 is 4.39 Å². The molecule has 0 fully saturated rings. The van der Waals surface area contributed by atoms with E-state index >= 15 is 0 Å². The van der Waals surface area contributed by atoms with Gasteiger partial charge in [-0.25, -0.2) is 4.39 Å². The van der Waals surface area contributed by atoms with Crippen LogP contribution in [0.15, 0.2) is 36.4 Å². The minimum atomic E-state index is -0.200. The van der Waals surface area contributed by atoms with Crippen LogP contribution in [-0.2, 0) is 0 Å². The molecule has 106 valence electrons. The predicted octanol–water partition coefficient (Wildman–Crippen LogP) is 4.79. The molecule has 3 heteroatoms. The summed E-state index contributed by atoms with van der Waals surface area (Å²) in [5, 5.41) is 4.22. The molecular formula is C17H19ClFN. The molecule has 0 aliphatic rings. The van der Waals surface area contributed by atoms with E-state index in [0.29, 0.717) is 0 Å². The number of hydrogen-bond donors (Lipinski definition) is 1. The molecule has 0 aromatic heterocycles. The maximum absolute atomic E-state index is 13.3. The Morgan fingerprint density at radius 1 is 1.10 bits per heavy atom. The molecule has 0 saturated carbocycles. The molecule has 2 rings (SSSR count). The first kappa shape index (κ1) is 15.0. The van der Waals surface area contributed by atoms with Crippen molar-refractivity contribution in [3.63, 3.8) is 0 Å². The van der Waals surface area contributed by atoms with Gasteiger partial charge in [0.25, 0.3) is 0 Å². The minimum absolute atomic E-state index is 0.0524. The fourth-order valence-corrected chi connectivity index (χ4v) is 2.54. The molecule has 0 heterocycles. The van der Waals surface area contributed by atoms with E-state index in [1.807, 2.05) is 32.0 Å². The molecule has 1 N–H and O–H groups in total. The van der Waals surface area contributed by atoms with Gasteiger partial charge in [0.1, 0.15) is 5.82 Å². The van der Waals surface area contributed by atoms with Gasteiger partial charge in [-0.15, -0.1) is 0 Å². The van der Waals surface area contributed by atoms with E-state index in [2.05, 4.69) is 18.3 Å². The number of hydrogen-bond acceptors (Lipinski definition) is 1. The second-order valence-electron chi connectivity index (χ2n) is 5.00. The van der Waals surface area contributed by atoms with Crippen LogP contribution < -0.4 is 5.32 Å². The zero-order valence-electron chi connectivity index (χ0n) is 12.0. The lowest BCUT2D eigenvalue weighted by Crippen LogP contribution is -2.23. The molecule has 1 atom stereocenters. The standard InChI is InChI=1S/C17H19ClFN/c1-4-20-17(13-5-8-16(18)12(3)9-13)15-7-6-14(19)10-11(15)2/h5-10,17,20H,4H2,1-3H3. The molecule has 20 heavy (non-hydrogen) atoms. The molecule has 0 aliphatic heterocycles. The van der Waals surface area contributed by atoms with E-state index < -0.39 is 0 Å². The van der Waals surface area contributed by atoms with Crippen LogP contribution in [0.2, 0.25) is 5.02 Å². The Balaban J connectivity index is 2.47. The van der Waals surface area contributed by atoms with Crippen LogP contribution in [0.3, 0.4) is 0 Å². The zero-order valence-corrected chi connectivity index (χ0v) is 12.8. The highest BCUT2D eigenvalue weighted by Crippen LogP contribution is 2.28. The fourth-order valence-electron chi connectivity index (χ4n) is 2.42. The molecule has 0 aliphatic carbocycles. The van der Waals surface area contributed by atoms with Gasteiger partial charge < -0.3 is 5.32 Å². The fraction of sp³-hybridized carbons (Fsp3) is 0.294. The van der Waals surface area contributed by atoms with Crippen LogP contribution >= 0.6 is 11.6 Å². The van der Waals surface area contributed by atoms with Crippen LogP contribution in [0, 0.1) is 19.7 Å². The largest absolute Gasteiger partial charge is 0.307 e. The van der Waals surface area contributed by atoms with Crippen molar-refractivity contribution in [3.05, 3.63) is 69.5 Å². The lowest BCUT2D eigenvalue weighted by atomic mass is 9.94. The van der Waals surface area contributed by atoms with Gasteiger partial charge in [-0.05, 0) is 60.8 Å². The summed E-state index contributed by atoms with van der Waals surface area (Å²) in [4.78, 5) is 0. The normalized spacial score (nSPS) is 12.4. The van der Waals surface area contributed by atoms with Crippen LogP contribution in [0.25, 0.3) is 0 Å². The molecule has 1 unspecified atom stereocenters. The van der Waals surface area contributed by atoms with Crippen LogP contribution in [0.4, 0.5) is 4.39 Å². The quantitative estimate of drug-likeness (QED) is 0.853. The van der Waals surface area contributed by atoms with Crippen molar-refractivity contribution in [2.75, 3.05) is 6.54 Å². The Morgan fingerprint density at radius 3 is 2.45 bits per heavy atom. The van der Waals surface area contributed by atoms with Crippen molar-refractivity contribution in [1.29, 1.82) is 0 Å². The van der Waals surface area contributed by atoms with Crippen LogP contribution in [0.1, 0.15) is 35.2 Å². The molecule has 0 radical (unpaired) electrons. The summed E-state index contributed by atoms with van der Waals surface area (Å²) in [6.07, 6.45) is 0. The number of benzene rings is 2. The van der Waals surface area contributed by atoms with Crippen LogP contribution in [0.5, 0.6) is 0 Å². The van der Waals surface area contributed by atoms with E-state index in [9.17, 15) is 4.39 Å². The van der Waals surface area contributed by atoms with Gasteiger partial charge in [0.05, 0.1) is 6.04 Å². The third-order valence-corrected chi connectivity index (χ3v) is 3.89. The van der Waals surface area contributed by atoms with E-state index in [1.54, 1.807) is 6.07 Å². The molecule has 1 nitrogen and oxygen atoms in total. The highest BCUT2D eigenvalue weighted by atomic mass is 35.5. The lowest BCUT2D eigenvalue weighted by Gasteiger charge is -2.21. The molecule has 0 spiro atoms. The number of aryl methyl sites for hydroxylation is 2. The molecule has 0 bridgehead atoms. The molecule has 0 amide bonds. The van der Waals surface area contributed by atoms with E-state index in [-0.39, 0.29) is 11.9 Å². The third kappa shape index (κ3) is 3.20. The first-order valence-electron chi connectivity index (χ1n) is 6.78. The Hall–Kier alpha value is -1.38. The first-order chi connectivity index (χ1) is 9.52. The van der Waals surface area contributed by atoms with E-state index in [4.69, 9.17) is 11.6 Å². The number of nitrogens with one attached hydrogen (secondary N) is 1. The SMILES string of the molecule is CCNC(c1ccc(Cl)c(C)c1)c1ccc(F)cc1C. The van der Waals surface area contributed by atoms with E-state index in [0.717, 1.165) is 33.8 Å². The van der Waals surface area contributed by atoms with Crippen molar-refractivity contribution in [1.82, 2.24) is 5.32 Å². The highest BCUT2D eigenvalue weighted by molar-refractivity contribution is 6.31. The van der Waals surface area contributed by atoms with Crippen molar-refractivity contribution in [2.24, 2.45) is 0 Å². The summed E-state index contributed by atoms with van der Waals surface area (Å²) in [7, 11) is 0. The van der Waals surface area contributed by atoms with Gasteiger partial charge in [-0.3, -0.25) is 0 Å². The van der Waals surface area contributed by atoms with Gasteiger partial charge in [0.2, 0.25) is 0 Å². The summed E-state index contributed by atoms with van der Waals surface area (Å²) in [5.74, 6) is -0.200. The lowest BCUT2D eigenvalue weighted by molar-refractivity contribution is 0.610. The second kappa shape index (κ2) is 6.38. The second-order valence-corrected chi connectivity index (χ2v) is 5.41. The van der Waals surface area contributed by atoms with Gasteiger partial charge in [0, 0.05) is 5.02 Å². The molecular weight excluding hydrogens is 273 g/mol. The van der Waals surface area contributed by atoms with Gasteiger partial charge in [0.15, 0.2) is 0 Å².